The van der Waals surface area contributed by atoms with Crippen molar-refractivity contribution in [2.45, 2.75) is 58.3 Å². The fourth-order valence-electron chi connectivity index (χ4n) is 2.70. The monoisotopic (exact) mass is 267 g/mol. The standard InChI is InChI=1S/C14H25N3S/c1-3-9-15-10-5-8-13-16-17-14(18-13)12-7-4-6-11(12)2/h11-12,15H,3-10H2,1-2H3. The van der Waals surface area contributed by atoms with Gasteiger partial charge in [0.25, 0.3) is 0 Å². The Labute approximate surface area is 114 Å². The van der Waals surface area contributed by atoms with E-state index in [1.807, 2.05) is 11.3 Å². The second kappa shape index (κ2) is 7.19. The van der Waals surface area contributed by atoms with Crippen LogP contribution in [-0.2, 0) is 6.42 Å². The zero-order valence-corrected chi connectivity index (χ0v) is 12.4. The Hall–Kier alpha value is -0.480. The first kappa shape index (κ1) is 13.9. The number of aryl methyl sites for hydroxylation is 1. The van der Waals surface area contributed by atoms with Crippen molar-refractivity contribution in [3.63, 3.8) is 0 Å². The van der Waals surface area contributed by atoms with Crippen molar-refractivity contribution >= 4 is 11.3 Å². The average Bonchev–Trinajstić information content (AvgIpc) is 2.97. The molecule has 2 atom stereocenters. The van der Waals surface area contributed by atoms with Crippen LogP contribution in [0.5, 0.6) is 0 Å². The van der Waals surface area contributed by atoms with Crippen molar-refractivity contribution in [3.05, 3.63) is 10.0 Å². The quantitative estimate of drug-likeness (QED) is 0.770. The first-order chi connectivity index (χ1) is 8.81. The molecule has 1 saturated carbocycles. The molecule has 1 aliphatic rings. The predicted molar refractivity (Wildman–Crippen MR) is 77.1 cm³/mol. The number of nitrogens with zero attached hydrogens (tertiary/aromatic N) is 2. The highest BCUT2D eigenvalue weighted by Crippen LogP contribution is 2.40. The van der Waals surface area contributed by atoms with E-state index >= 15 is 0 Å². The topological polar surface area (TPSA) is 37.8 Å². The molecule has 2 unspecified atom stereocenters. The van der Waals surface area contributed by atoms with Gasteiger partial charge in [0, 0.05) is 12.3 Å². The van der Waals surface area contributed by atoms with Gasteiger partial charge in [0.1, 0.15) is 10.0 Å². The van der Waals surface area contributed by atoms with Gasteiger partial charge in [-0.2, -0.15) is 0 Å². The van der Waals surface area contributed by atoms with Crippen molar-refractivity contribution in [1.29, 1.82) is 0 Å². The maximum absolute atomic E-state index is 4.41. The smallest absolute Gasteiger partial charge is 0.120 e. The maximum atomic E-state index is 4.41. The Morgan fingerprint density at radius 1 is 1.28 bits per heavy atom. The zero-order valence-electron chi connectivity index (χ0n) is 11.6. The summed E-state index contributed by atoms with van der Waals surface area (Å²) in [7, 11) is 0. The second-order valence-corrected chi connectivity index (χ2v) is 6.50. The predicted octanol–water partition coefficient (Wildman–Crippen LogP) is 3.37. The van der Waals surface area contributed by atoms with E-state index in [1.54, 1.807) is 0 Å². The molecule has 1 N–H and O–H groups in total. The lowest BCUT2D eigenvalue weighted by atomic mass is 9.99. The van der Waals surface area contributed by atoms with Gasteiger partial charge in [-0.05, 0) is 38.3 Å². The number of hydrogen-bond donors (Lipinski definition) is 1. The average molecular weight is 267 g/mol. The van der Waals surface area contributed by atoms with E-state index in [2.05, 4.69) is 29.4 Å². The van der Waals surface area contributed by atoms with Gasteiger partial charge in [0.2, 0.25) is 0 Å². The van der Waals surface area contributed by atoms with Crippen molar-refractivity contribution in [3.8, 4) is 0 Å². The van der Waals surface area contributed by atoms with Gasteiger partial charge in [-0.15, -0.1) is 21.5 Å². The Morgan fingerprint density at radius 2 is 2.17 bits per heavy atom. The Morgan fingerprint density at radius 3 is 2.89 bits per heavy atom. The Balaban J connectivity index is 1.75. The molecule has 18 heavy (non-hydrogen) atoms. The van der Waals surface area contributed by atoms with E-state index in [4.69, 9.17) is 0 Å². The summed E-state index contributed by atoms with van der Waals surface area (Å²) in [6.07, 6.45) is 7.50. The van der Waals surface area contributed by atoms with Gasteiger partial charge >= 0.3 is 0 Å². The molecule has 1 heterocycles. The summed E-state index contributed by atoms with van der Waals surface area (Å²) in [5, 5.41) is 14.7. The highest BCUT2D eigenvalue weighted by Gasteiger charge is 2.27. The highest BCUT2D eigenvalue weighted by molar-refractivity contribution is 7.11. The van der Waals surface area contributed by atoms with Gasteiger partial charge in [-0.3, -0.25) is 0 Å². The van der Waals surface area contributed by atoms with Gasteiger partial charge in [0.15, 0.2) is 0 Å². The Kier molecular flexibility index (Phi) is 5.57. The molecule has 0 radical (unpaired) electrons. The van der Waals surface area contributed by atoms with Crippen LogP contribution >= 0.6 is 11.3 Å². The number of aromatic nitrogens is 2. The summed E-state index contributed by atoms with van der Waals surface area (Å²) in [5.41, 5.74) is 0. The molecule has 0 aliphatic heterocycles. The van der Waals surface area contributed by atoms with Crippen LogP contribution in [0.4, 0.5) is 0 Å². The third kappa shape index (κ3) is 3.75. The van der Waals surface area contributed by atoms with Gasteiger partial charge in [-0.1, -0.05) is 26.7 Å². The summed E-state index contributed by atoms with van der Waals surface area (Å²) in [5.74, 6) is 1.49. The molecule has 2 rings (SSSR count). The molecule has 0 bridgehead atoms. The first-order valence-corrected chi connectivity index (χ1v) is 8.16. The molecular weight excluding hydrogens is 242 g/mol. The lowest BCUT2D eigenvalue weighted by molar-refractivity contribution is 0.527. The van der Waals surface area contributed by atoms with E-state index < -0.39 is 0 Å². The molecular formula is C14H25N3S. The molecule has 1 aliphatic carbocycles. The molecule has 0 spiro atoms. The molecule has 1 aromatic heterocycles. The zero-order chi connectivity index (χ0) is 12.8. The van der Waals surface area contributed by atoms with Gasteiger partial charge in [-0.25, -0.2) is 0 Å². The minimum atomic E-state index is 0.689. The summed E-state index contributed by atoms with van der Waals surface area (Å²) >= 11 is 1.85. The van der Waals surface area contributed by atoms with Gasteiger partial charge < -0.3 is 5.32 Å². The first-order valence-electron chi connectivity index (χ1n) is 7.34. The SMILES string of the molecule is CCCNCCCc1nnc(C2CCCC2C)s1. The fraction of sp³-hybridized carbons (Fsp3) is 0.857. The summed E-state index contributed by atoms with van der Waals surface area (Å²) in [6, 6.07) is 0. The van der Waals surface area contributed by atoms with Crippen molar-refractivity contribution in [1.82, 2.24) is 15.5 Å². The van der Waals surface area contributed by atoms with Crippen molar-refractivity contribution in [2.24, 2.45) is 5.92 Å². The van der Waals surface area contributed by atoms with E-state index in [0.717, 1.165) is 25.4 Å². The summed E-state index contributed by atoms with van der Waals surface area (Å²) < 4.78 is 0. The third-order valence-electron chi connectivity index (χ3n) is 3.83. The maximum Gasteiger partial charge on any atom is 0.120 e. The second-order valence-electron chi connectivity index (χ2n) is 5.40. The van der Waals surface area contributed by atoms with Crippen molar-refractivity contribution < 1.29 is 0 Å². The van der Waals surface area contributed by atoms with E-state index in [-0.39, 0.29) is 0 Å². The largest absolute Gasteiger partial charge is 0.317 e. The van der Waals surface area contributed by atoms with E-state index in [9.17, 15) is 0 Å². The minimum absolute atomic E-state index is 0.689. The van der Waals surface area contributed by atoms with Crippen LogP contribution < -0.4 is 5.32 Å². The molecule has 1 aromatic rings. The van der Waals surface area contributed by atoms with E-state index in [1.165, 1.54) is 42.1 Å². The van der Waals surface area contributed by atoms with Crippen molar-refractivity contribution in [2.75, 3.05) is 13.1 Å². The summed E-state index contributed by atoms with van der Waals surface area (Å²) in [6.45, 7) is 6.78. The van der Waals surface area contributed by atoms with Crippen LogP contribution in [-0.4, -0.2) is 23.3 Å². The minimum Gasteiger partial charge on any atom is -0.317 e. The van der Waals surface area contributed by atoms with Crippen LogP contribution in [0.2, 0.25) is 0 Å². The Bertz CT molecular complexity index is 351. The van der Waals surface area contributed by atoms with Crippen LogP contribution in [0.1, 0.15) is 61.9 Å². The molecule has 1 fully saturated rings. The number of rotatable bonds is 7. The van der Waals surface area contributed by atoms with Crippen LogP contribution in [0, 0.1) is 5.92 Å². The molecule has 102 valence electrons. The summed E-state index contributed by atoms with van der Waals surface area (Å²) in [4.78, 5) is 0. The third-order valence-corrected chi connectivity index (χ3v) is 4.95. The normalized spacial score (nSPS) is 23.7. The number of hydrogen-bond acceptors (Lipinski definition) is 4. The molecule has 3 nitrogen and oxygen atoms in total. The lowest BCUT2D eigenvalue weighted by Gasteiger charge is -2.10. The van der Waals surface area contributed by atoms with Crippen LogP contribution in [0.3, 0.4) is 0 Å². The lowest BCUT2D eigenvalue weighted by Crippen LogP contribution is -2.16. The highest BCUT2D eigenvalue weighted by atomic mass is 32.1. The molecule has 0 saturated heterocycles. The molecule has 0 aromatic carbocycles. The fourth-order valence-corrected chi connectivity index (χ4v) is 3.85. The van der Waals surface area contributed by atoms with Crippen LogP contribution in [0.15, 0.2) is 0 Å². The number of nitrogens with one attached hydrogen (secondary N) is 1. The molecule has 4 heteroatoms. The van der Waals surface area contributed by atoms with Crippen LogP contribution in [0.25, 0.3) is 0 Å². The van der Waals surface area contributed by atoms with Gasteiger partial charge in [0.05, 0.1) is 0 Å². The molecule has 0 amide bonds. The van der Waals surface area contributed by atoms with E-state index in [0.29, 0.717) is 5.92 Å².